The summed E-state index contributed by atoms with van der Waals surface area (Å²) < 4.78 is 38.6. The molecule has 0 saturated carbocycles. The van der Waals surface area contributed by atoms with Crippen LogP contribution in [0.3, 0.4) is 0 Å². The first-order chi connectivity index (χ1) is 7.38. The first-order valence-corrected chi connectivity index (χ1v) is 5.79. The van der Waals surface area contributed by atoms with Gasteiger partial charge in [-0.15, -0.1) is 0 Å². The van der Waals surface area contributed by atoms with Crippen molar-refractivity contribution in [1.82, 2.24) is 4.98 Å². The van der Waals surface area contributed by atoms with Gasteiger partial charge in [-0.2, -0.15) is 13.2 Å². The second-order valence-corrected chi connectivity index (χ2v) is 4.92. The van der Waals surface area contributed by atoms with Crippen LogP contribution in [0.5, 0.6) is 0 Å². The van der Waals surface area contributed by atoms with Gasteiger partial charge in [-0.3, -0.25) is 0 Å². The molecule has 6 heteroatoms. The average Bonchev–Trinajstić information content (AvgIpc) is 2.15. The number of hydrogen-bond donors (Lipinski definition) is 0. The number of aromatic nitrogens is 1. The van der Waals surface area contributed by atoms with Gasteiger partial charge in [0.2, 0.25) is 0 Å². The van der Waals surface area contributed by atoms with Crippen LogP contribution in [0.1, 0.15) is 5.69 Å². The lowest BCUT2D eigenvalue weighted by Crippen LogP contribution is -2.07. The van der Waals surface area contributed by atoms with Crippen LogP contribution in [-0.4, -0.2) is 4.98 Å². The summed E-state index contributed by atoms with van der Waals surface area (Å²) in [6.07, 6.45) is -4.42. The highest BCUT2D eigenvalue weighted by Crippen LogP contribution is 2.32. The number of halogens is 5. The maximum atomic E-state index is 12.4. The Morgan fingerprint density at radius 1 is 1.06 bits per heavy atom. The van der Waals surface area contributed by atoms with E-state index < -0.39 is 11.9 Å². The molecule has 1 heterocycles. The number of benzene rings is 1. The van der Waals surface area contributed by atoms with Gasteiger partial charge in [0.25, 0.3) is 0 Å². The van der Waals surface area contributed by atoms with Gasteiger partial charge in [0.15, 0.2) is 0 Å². The Kier molecular flexibility index (Phi) is 2.96. The minimum atomic E-state index is -4.42. The summed E-state index contributed by atoms with van der Waals surface area (Å²) in [5, 5.41) is 0.647. The van der Waals surface area contributed by atoms with Crippen LogP contribution in [0.4, 0.5) is 13.2 Å². The van der Waals surface area contributed by atoms with Gasteiger partial charge in [-0.1, -0.05) is 22.0 Å². The van der Waals surface area contributed by atoms with Crippen LogP contribution in [0, 0.1) is 0 Å². The van der Waals surface area contributed by atoms with Crippen LogP contribution in [-0.2, 0) is 6.18 Å². The molecule has 0 radical (unpaired) electrons. The third-order valence-corrected chi connectivity index (χ3v) is 3.06. The molecule has 0 aliphatic heterocycles. The largest absolute Gasteiger partial charge is 0.433 e. The smallest absolute Gasteiger partial charge is 0.242 e. The van der Waals surface area contributed by atoms with Crippen molar-refractivity contribution in [2.75, 3.05) is 0 Å². The van der Waals surface area contributed by atoms with E-state index >= 15 is 0 Å². The normalized spacial score (nSPS) is 12.1. The fraction of sp³-hybridized carbons (Fsp3) is 0.100. The van der Waals surface area contributed by atoms with Gasteiger partial charge in [-0.25, -0.2) is 4.98 Å². The van der Waals surface area contributed by atoms with E-state index in [2.05, 4.69) is 36.8 Å². The summed E-state index contributed by atoms with van der Waals surface area (Å²) in [5.74, 6) is 0. The topological polar surface area (TPSA) is 12.9 Å². The molecule has 0 saturated heterocycles. The number of pyridine rings is 1. The van der Waals surface area contributed by atoms with Gasteiger partial charge >= 0.3 is 6.18 Å². The molecule has 1 aromatic carbocycles. The number of nitrogens with zero attached hydrogens (tertiary/aromatic N) is 1. The van der Waals surface area contributed by atoms with Gasteiger partial charge in [0.05, 0.1) is 5.52 Å². The third kappa shape index (κ3) is 2.22. The number of alkyl halides is 3. The monoisotopic (exact) mass is 353 g/mol. The lowest BCUT2D eigenvalue weighted by Gasteiger charge is -2.07. The zero-order valence-electron chi connectivity index (χ0n) is 7.65. The van der Waals surface area contributed by atoms with E-state index in [0.717, 1.165) is 10.5 Å². The van der Waals surface area contributed by atoms with Gasteiger partial charge in [0.1, 0.15) is 5.69 Å². The first-order valence-electron chi connectivity index (χ1n) is 4.21. The Bertz CT molecular complexity index is 551. The summed E-state index contributed by atoms with van der Waals surface area (Å²) in [4.78, 5) is 3.59. The van der Waals surface area contributed by atoms with Crippen LogP contribution in [0.15, 0.2) is 33.2 Å². The molecule has 1 nitrogen and oxygen atoms in total. The van der Waals surface area contributed by atoms with Gasteiger partial charge in [-0.05, 0) is 34.1 Å². The summed E-state index contributed by atoms with van der Waals surface area (Å²) in [5.41, 5.74) is -0.582. The molecule has 16 heavy (non-hydrogen) atoms. The summed E-state index contributed by atoms with van der Waals surface area (Å²) in [7, 11) is 0. The van der Waals surface area contributed by atoms with Gasteiger partial charge in [0, 0.05) is 14.3 Å². The lowest BCUT2D eigenvalue weighted by molar-refractivity contribution is -0.140. The van der Waals surface area contributed by atoms with Crippen molar-refractivity contribution < 1.29 is 13.2 Å². The molecule has 0 aliphatic rings. The summed E-state index contributed by atoms with van der Waals surface area (Å²) >= 11 is 6.45. The van der Waals surface area contributed by atoms with Crippen LogP contribution in [0.25, 0.3) is 10.9 Å². The van der Waals surface area contributed by atoms with Crippen molar-refractivity contribution in [2.24, 2.45) is 0 Å². The Hall–Kier alpha value is -0.620. The molecule has 0 unspecified atom stereocenters. The van der Waals surface area contributed by atoms with Crippen molar-refractivity contribution in [1.29, 1.82) is 0 Å². The van der Waals surface area contributed by atoms with Crippen molar-refractivity contribution in [3.8, 4) is 0 Å². The minimum absolute atomic E-state index is 0.304. The van der Waals surface area contributed by atoms with E-state index in [1.165, 1.54) is 6.07 Å². The quantitative estimate of drug-likeness (QED) is 0.663. The Morgan fingerprint density at radius 2 is 1.75 bits per heavy atom. The van der Waals surface area contributed by atoms with Crippen molar-refractivity contribution >= 4 is 42.8 Å². The molecule has 2 rings (SSSR count). The zero-order valence-corrected chi connectivity index (χ0v) is 10.8. The highest BCUT2D eigenvalue weighted by atomic mass is 79.9. The van der Waals surface area contributed by atoms with E-state index in [4.69, 9.17) is 0 Å². The third-order valence-electron chi connectivity index (χ3n) is 2.00. The SMILES string of the molecule is FC(F)(F)c1ccc2cc(Br)cc(Br)c2n1. The van der Waals surface area contributed by atoms with Crippen molar-refractivity contribution in [2.45, 2.75) is 6.18 Å². The molecule has 0 fully saturated rings. The van der Waals surface area contributed by atoms with Crippen molar-refractivity contribution in [3.63, 3.8) is 0 Å². The van der Waals surface area contributed by atoms with E-state index in [1.807, 2.05) is 0 Å². The average molecular weight is 355 g/mol. The summed E-state index contributed by atoms with van der Waals surface area (Å²) in [6, 6.07) is 5.75. The standard InChI is InChI=1S/C10H4Br2F3N/c11-6-3-5-1-2-8(10(13,14)15)16-9(5)7(12)4-6/h1-4H. The number of hydrogen-bond acceptors (Lipinski definition) is 1. The predicted molar refractivity (Wildman–Crippen MR) is 62.1 cm³/mol. The van der Waals surface area contributed by atoms with E-state index in [9.17, 15) is 13.2 Å². The molecule has 0 amide bonds. The maximum absolute atomic E-state index is 12.4. The Labute approximate surface area is 106 Å². The Morgan fingerprint density at radius 3 is 2.38 bits per heavy atom. The molecule has 84 valence electrons. The molecule has 0 N–H and O–H groups in total. The summed E-state index contributed by atoms with van der Waals surface area (Å²) in [6.45, 7) is 0. The van der Waals surface area contributed by atoms with E-state index in [0.29, 0.717) is 15.4 Å². The fourth-order valence-corrected chi connectivity index (χ4v) is 2.66. The lowest BCUT2D eigenvalue weighted by atomic mass is 10.2. The number of rotatable bonds is 0. The molecule has 0 spiro atoms. The molecule has 0 atom stereocenters. The van der Waals surface area contributed by atoms with E-state index in [1.54, 1.807) is 12.1 Å². The Balaban J connectivity index is 2.72. The van der Waals surface area contributed by atoms with E-state index in [-0.39, 0.29) is 0 Å². The first kappa shape index (κ1) is 11.9. The number of fused-ring (bicyclic) bond motifs is 1. The highest BCUT2D eigenvalue weighted by Gasteiger charge is 2.32. The second-order valence-electron chi connectivity index (χ2n) is 3.15. The molecular weight excluding hydrogens is 351 g/mol. The molecule has 2 aromatic rings. The van der Waals surface area contributed by atoms with Crippen molar-refractivity contribution in [3.05, 3.63) is 38.9 Å². The minimum Gasteiger partial charge on any atom is -0.242 e. The maximum Gasteiger partial charge on any atom is 0.433 e. The molecular formula is C10H4Br2F3N. The molecule has 0 bridgehead atoms. The molecule has 0 aliphatic carbocycles. The van der Waals surface area contributed by atoms with Crippen LogP contribution in [0.2, 0.25) is 0 Å². The second kappa shape index (κ2) is 4.00. The van der Waals surface area contributed by atoms with Gasteiger partial charge < -0.3 is 0 Å². The fourth-order valence-electron chi connectivity index (χ4n) is 1.32. The zero-order chi connectivity index (χ0) is 11.9. The van der Waals surface area contributed by atoms with Crippen LogP contribution >= 0.6 is 31.9 Å². The van der Waals surface area contributed by atoms with Crippen LogP contribution < -0.4 is 0 Å². The molecule has 1 aromatic heterocycles. The predicted octanol–water partition coefficient (Wildman–Crippen LogP) is 4.78. The highest BCUT2D eigenvalue weighted by molar-refractivity contribution is 9.11.